The summed E-state index contributed by atoms with van der Waals surface area (Å²) in [7, 11) is 0. The maximum Gasteiger partial charge on any atom is 0 e. The Hall–Kier alpha value is 0.192. The number of aryl methyl sites for hydroxylation is 1. The van der Waals surface area contributed by atoms with Gasteiger partial charge in [0.25, 0.3) is 0 Å². The van der Waals surface area contributed by atoms with Crippen molar-refractivity contribution < 1.29 is 98.1 Å². The molecule has 0 unspecified atom stereocenters. The van der Waals surface area contributed by atoms with E-state index in [9.17, 15) is 0 Å². The quantitative estimate of drug-likeness (QED) is 0.176. The van der Waals surface area contributed by atoms with Gasteiger partial charge in [0.05, 0.1) is 0 Å². The third-order valence-corrected chi connectivity index (χ3v) is 4.07. The van der Waals surface area contributed by atoms with Gasteiger partial charge >= 0.3 is 0 Å². The minimum Gasteiger partial charge on any atom is -0.358 e. The Morgan fingerprint density at radius 1 is 0.400 bits per heavy atom. The Bertz CT molecular complexity index is 856. The van der Waals surface area contributed by atoms with Crippen molar-refractivity contribution in [3.63, 3.8) is 0 Å². The molecule has 0 aromatic heterocycles. The van der Waals surface area contributed by atoms with Gasteiger partial charge in [-0.2, -0.15) is 0 Å². The Labute approximate surface area is 362 Å². The van der Waals surface area contributed by atoms with Crippen LogP contribution in [-0.4, -0.2) is 0 Å². The molecule has 0 fully saturated rings. The summed E-state index contributed by atoms with van der Waals surface area (Å²) in [5, 5.41) is 2.62. The molecule has 4 rings (SSSR count). The minimum absolute atomic E-state index is 0. The summed E-state index contributed by atoms with van der Waals surface area (Å²) in [6, 6.07) is 37.4. The standard InChI is InChI=1S/C10H8.C9H10.C8H10.6C2H6.3CH3.3Y/c1-2-6-10-8-4-3-7-9(10)5-1;1-2-6-9-7-4-3-5-8-9;1-2-8-6-4-3-5-7-8;6*1-2;;;;;;/h1-8H;2-8H,1H3;3-7H,2H2,1H3;6*1-2H3;3*1H3;;;/q;;;;;;;;;3*-1;;;. The van der Waals surface area contributed by atoms with E-state index in [2.05, 4.69) is 97.9 Å². The summed E-state index contributed by atoms with van der Waals surface area (Å²) in [5.74, 6) is 0. The second kappa shape index (κ2) is 74.8. The normalized spacial score (nSPS) is 6.71. The molecule has 0 saturated heterocycles. The van der Waals surface area contributed by atoms with E-state index >= 15 is 0 Å². The maximum atomic E-state index is 2.16. The predicted molar refractivity (Wildman–Crippen MR) is 208 cm³/mol. The van der Waals surface area contributed by atoms with Crippen LogP contribution in [0.3, 0.4) is 0 Å². The third kappa shape index (κ3) is 51.2. The second-order valence-electron chi connectivity index (χ2n) is 6.10. The zero-order valence-electron chi connectivity index (χ0n) is 33.0. The van der Waals surface area contributed by atoms with Crippen LogP contribution in [-0.2, 0) is 105 Å². The molecule has 0 aliphatic carbocycles. The molecule has 0 bridgehead atoms. The molecule has 0 saturated carbocycles. The Balaban J connectivity index is -0.0000000348. The summed E-state index contributed by atoms with van der Waals surface area (Å²) in [6.45, 7) is 28.2. The largest absolute Gasteiger partial charge is 0.358 e. The summed E-state index contributed by atoms with van der Waals surface area (Å²) in [4.78, 5) is 0. The molecule has 0 heterocycles. The van der Waals surface area contributed by atoms with Crippen LogP contribution in [0.25, 0.3) is 16.8 Å². The number of benzene rings is 4. The van der Waals surface area contributed by atoms with Crippen molar-refractivity contribution in [1.29, 1.82) is 0 Å². The molecule has 45 heavy (non-hydrogen) atoms. The Kier molecular flexibility index (Phi) is 126. The number of hydrogen-bond acceptors (Lipinski definition) is 0. The van der Waals surface area contributed by atoms with Crippen molar-refractivity contribution in [2.45, 2.75) is 103 Å². The van der Waals surface area contributed by atoms with Gasteiger partial charge in [-0.3, -0.25) is 0 Å². The van der Waals surface area contributed by atoms with Crippen LogP contribution in [0.5, 0.6) is 0 Å². The predicted octanol–water partition coefficient (Wildman–Crippen LogP) is 15.3. The second-order valence-corrected chi connectivity index (χ2v) is 6.10. The molecule has 4 aromatic rings. The first kappa shape index (κ1) is 75.5. The molecule has 253 valence electrons. The first-order valence-corrected chi connectivity index (χ1v) is 15.5. The average Bonchev–Trinajstić information content (AvgIpc) is 3.08. The summed E-state index contributed by atoms with van der Waals surface area (Å²) in [6.07, 6.45) is 5.26. The van der Waals surface area contributed by atoms with Crippen LogP contribution in [0.4, 0.5) is 0 Å². The van der Waals surface area contributed by atoms with E-state index in [1.807, 2.05) is 120 Å². The first-order chi connectivity index (χ1) is 19.3. The number of hydrogen-bond donors (Lipinski definition) is 0. The summed E-state index contributed by atoms with van der Waals surface area (Å²) < 4.78 is 0. The van der Waals surface area contributed by atoms with E-state index in [-0.39, 0.29) is 120 Å². The monoisotopic (exact) mass is 844 g/mol. The van der Waals surface area contributed by atoms with Gasteiger partial charge in [-0.1, -0.05) is 211 Å². The van der Waals surface area contributed by atoms with Gasteiger partial charge in [0.15, 0.2) is 0 Å². The van der Waals surface area contributed by atoms with Gasteiger partial charge in [-0.25, -0.2) is 0 Å². The van der Waals surface area contributed by atoms with Crippen molar-refractivity contribution in [1.82, 2.24) is 0 Å². The van der Waals surface area contributed by atoms with Gasteiger partial charge in [0.2, 0.25) is 0 Å². The fourth-order valence-electron chi connectivity index (χ4n) is 2.60. The van der Waals surface area contributed by atoms with E-state index in [1.54, 1.807) is 0 Å². The van der Waals surface area contributed by atoms with Gasteiger partial charge in [0.1, 0.15) is 0 Å². The fourth-order valence-corrected chi connectivity index (χ4v) is 2.60. The third-order valence-electron chi connectivity index (χ3n) is 4.07. The van der Waals surface area contributed by atoms with Crippen molar-refractivity contribution in [2.75, 3.05) is 0 Å². The Morgan fingerprint density at radius 3 is 0.867 bits per heavy atom. The van der Waals surface area contributed by atoms with Crippen molar-refractivity contribution in [3.05, 3.63) is 149 Å². The topological polar surface area (TPSA) is 0 Å². The number of fused-ring (bicyclic) bond motifs is 1. The fraction of sp³-hybridized carbons (Fsp3) is 0.357. The van der Waals surface area contributed by atoms with Gasteiger partial charge in [-0.05, 0) is 35.2 Å². The smallest absolute Gasteiger partial charge is 0 e. The molecule has 0 aliphatic heterocycles. The van der Waals surface area contributed by atoms with Gasteiger partial charge < -0.3 is 22.3 Å². The molecular formula is C42H73Y3-3. The summed E-state index contributed by atoms with van der Waals surface area (Å²) in [5.41, 5.74) is 2.67. The molecule has 0 aliphatic rings. The molecule has 0 amide bonds. The van der Waals surface area contributed by atoms with Gasteiger partial charge in [0, 0.05) is 98.1 Å². The van der Waals surface area contributed by atoms with Crippen LogP contribution in [0.15, 0.2) is 115 Å². The summed E-state index contributed by atoms with van der Waals surface area (Å²) >= 11 is 0. The molecule has 4 aromatic carbocycles. The van der Waals surface area contributed by atoms with Gasteiger partial charge in [-0.15, -0.1) is 0 Å². The molecule has 3 radical (unpaired) electrons. The van der Waals surface area contributed by atoms with Crippen LogP contribution in [0.2, 0.25) is 0 Å². The first-order valence-electron chi connectivity index (χ1n) is 15.5. The van der Waals surface area contributed by atoms with Crippen LogP contribution >= 0.6 is 0 Å². The zero-order chi connectivity index (χ0) is 31.2. The SMILES string of the molecule is CC.CC.CC.CC.CC.CC.CC=Cc1ccccc1.CCc1ccccc1.[CH3-].[CH3-].[CH3-].[Y].[Y].[Y].c1ccc2ccccc2c1. The molecule has 0 N–H and O–H groups in total. The van der Waals surface area contributed by atoms with E-state index in [4.69, 9.17) is 0 Å². The van der Waals surface area contributed by atoms with E-state index in [0.29, 0.717) is 0 Å². The van der Waals surface area contributed by atoms with E-state index < -0.39 is 0 Å². The molecule has 0 atom stereocenters. The van der Waals surface area contributed by atoms with Crippen molar-refractivity contribution >= 4 is 16.8 Å². The maximum absolute atomic E-state index is 2.16. The minimum atomic E-state index is 0. The Morgan fingerprint density at radius 2 is 0.644 bits per heavy atom. The molecule has 0 spiro atoms. The van der Waals surface area contributed by atoms with E-state index in [1.165, 1.54) is 21.9 Å². The van der Waals surface area contributed by atoms with E-state index in [0.717, 1.165) is 6.42 Å². The molecule has 0 nitrogen and oxygen atoms in total. The van der Waals surface area contributed by atoms with Crippen LogP contribution < -0.4 is 0 Å². The van der Waals surface area contributed by atoms with Crippen LogP contribution in [0.1, 0.15) is 108 Å². The van der Waals surface area contributed by atoms with Crippen LogP contribution in [0, 0.1) is 22.3 Å². The number of rotatable bonds is 2. The molecular weight excluding hydrogens is 771 g/mol. The number of allylic oxidation sites excluding steroid dienone is 1. The zero-order valence-corrected chi connectivity index (χ0v) is 41.5. The van der Waals surface area contributed by atoms with Crippen molar-refractivity contribution in [3.8, 4) is 0 Å². The average molecular weight is 845 g/mol. The van der Waals surface area contributed by atoms with Crippen molar-refractivity contribution in [2.24, 2.45) is 0 Å². The molecule has 3 heteroatoms.